The van der Waals surface area contributed by atoms with Gasteiger partial charge in [0.05, 0.1) is 5.56 Å². The molecule has 1 amide bonds. The Balaban J connectivity index is 2.77. The number of carbonyl (C=O) groups excluding carboxylic acids is 1. The van der Waals surface area contributed by atoms with Gasteiger partial charge in [-0.3, -0.25) is 10.5 Å². The van der Waals surface area contributed by atoms with Crippen molar-refractivity contribution in [2.45, 2.75) is 12.6 Å². The Morgan fingerprint density at radius 2 is 2.11 bits per heavy atom. The zero-order chi connectivity index (χ0) is 13.8. The average molecular weight is 262 g/mol. The SMILES string of the molecule is NC(CC(=O)Nc1cccc(C(F)(F)F)c1)=[NH+]O. The molecule has 98 valence electrons. The number of rotatable bonds is 3. The number of anilines is 1. The van der Waals surface area contributed by atoms with Gasteiger partial charge in [0.2, 0.25) is 5.91 Å². The highest BCUT2D eigenvalue weighted by atomic mass is 19.4. The molecule has 0 saturated heterocycles. The summed E-state index contributed by atoms with van der Waals surface area (Å²) in [6, 6.07) is 4.19. The normalized spacial score (nSPS) is 12.3. The summed E-state index contributed by atoms with van der Waals surface area (Å²) in [4.78, 5) is 11.3. The van der Waals surface area contributed by atoms with Crippen molar-refractivity contribution in [2.24, 2.45) is 5.73 Å². The molecule has 1 aromatic carbocycles. The van der Waals surface area contributed by atoms with Gasteiger partial charge < -0.3 is 10.5 Å². The minimum Gasteiger partial charge on any atom is -0.357 e. The molecular formula is C10H11F3N3O2+. The van der Waals surface area contributed by atoms with Gasteiger partial charge in [-0.2, -0.15) is 13.2 Å². The number of carbonyl (C=O) groups is 1. The summed E-state index contributed by atoms with van der Waals surface area (Å²) in [5.74, 6) is -0.854. The Bertz CT molecular complexity index is 472. The number of benzene rings is 1. The van der Waals surface area contributed by atoms with Crippen LogP contribution in [0.5, 0.6) is 0 Å². The van der Waals surface area contributed by atoms with Crippen LogP contribution in [0.2, 0.25) is 0 Å². The Kier molecular flexibility index (Phi) is 4.13. The first kappa shape index (κ1) is 13.8. The van der Waals surface area contributed by atoms with E-state index in [1.165, 1.54) is 12.1 Å². The summed E-state index contributed by atoms with van der Waals surface area (Å²) >= 11 is 0. The third kappa shape index (κ3) is 3.96. The van der Waals surface area contributed by atoms with Gasteiger partial charge in [-0.05, 0) is 18.2 Å². The summed E-state index contributed by atoms with van der Waals surface area (Å²) in [6.07, 6.45) is -4.83. The second-order valence-electron chi connectivity index (χ2n) is 3.44. The maximum atomic E-state index is 12.4. The quantitative estimate of drug-likeness (QED) is 0.264. The topological polar surface area (TPSA) is 89.3 Å². The van der Waals surface area contributed by atoms with Crippen molar-refractivity contribution in [3.05, 3.63) is 29.8 Å². The molecule has 0 fully saturated rings. The molecule has 0 aliphatic rings. The fraction of sp³-hybridized carbons (Fsp3) is 0.200. The van der Waals surface area contributed by atoms with Crippen molar-refractivity contribution >= 4 is 17.4 Å². The molecule has 1 rings (SSSR count). The lowest BCUT2D eigenvalue weighted by atomic mass is 10.2. The lowest BCUT2D eigenvalue weighted by Crippen LogP contribution is -2.72. The van der Waals surface area contributed by atoms with Crippen molar-refractivity contribution < 1.29 is 28.3 Å². The standard InChI is InChI=1S/C10H10F3N3O2/c11-10(12,13)6-2-1-3-7(4-6)15-9(17)5-8(14)16-18/h1-4,18H,5H2,(H2,14,16)(H,15,17)/p+1. The van der Waals surface area contributed by atoms with Gasteiger partial charge in [0.15, 0.2) is 0 Å². The van der Waals surface area contributed by atoms with Crippen LogP contribution in [0.4, 0.5) is 18.9 Å². The highest BCUT2D eigenvalue weighted by molar-refractivity contribution is 6.03. The Morgan fingerprint density at radius 3 is 2.67 bits per heavy atom. The minimum atomic E-state index is -4.47. The van der Waals surface area contributed by atoms with Gasteiger partial charge in [-0.25, -0.2) is 0 Å². The van der Waals surface area contributed by atoms with E-state index in [9.17, 15) is 18.0 Å². The van der Waals surface area contributed by atoms with Crippen LogP contribution >= 0.6 is 0 Å². The zero-order valence-corrected chi connectivity index (χ0v) is 9.08. The number of amidine groups is 1. The van der Waals surface area contributed by atoms with E-state index in [1.807, 2.05) is 0 Å². The highest BCUT2D eigenvalue weighted by Gasteiger charge is 2.30. The molecule has 5 nitrogen and oxygen atoms in total. The second-order valence-corrected chi connectivity index (χ2v) is 3.44. The van der Waals surface area contributed by atoms with Crippen LogP contribution in [0.1, 0.15) is 12.0 Å². The van der Waals surface area contributed by atoms with Crippen LogP contribution in [-0.4, -0.2) is 17.0 Å². The molecule has 0 spiro atoms. The maximum Gasteiger partial charge on any atom is 0.416 e. The van der Waals surface area contributed by atoms with Gasteiger partial charge in [0.25, 0.3) is 5.84 Å². The first-order valence-corrected chi connectivity index (χ1v) is 4.81. The largest absolute Gasteiger partial charge is 0.416 e. The van der Waals surface area contributed by atoms with Crippen LogP contribution in [0, 0.1) is 0 Å². The fourth-order valence-electron chi connectivity index (χ4n) is 1.19. The Labute approximate surface area is 100 Å². The molecule has 0 bridgehead atoms. The van der Waals surface area contributed by atoms with E-state index in [4.69, 9.17) is 10.9 Å². The number of nitrogens with two attached hydrogens (primary N) is 1. The Morgan fingerprint density at radius 1 is 1.44 bits per heavy atom. The van der Waals surface area contributed by atoms with E-state index in [1.54, 1.807) is 5.16 Å². The molecule has 0 aliphatic heterocycles. The van der Waals surface area contributed by atoms with Crippen molar-refractivity contribution in [3.63, 3.8) is 0 Å². The van der Waals surface area contributed by atoms with E-state index < -0.39 is 17.6 Å². The highest BCUT2D eigenvalue weighted by Crippen LogP contribution is 2.30. The molecule has 0 unspecified atom stereocenters. The number of hydrogen-bond donors (Lipinski definition) is 4. The predicted molar refractivity (Wildman–Crippen MR) is 56.6 cm³/mol. The molecule has 1 aromatic rings. The molecular weight excluding hydrogens is 251 g/mol. The third-order valence-corrected chi connectivity index (χ3v) is 1.97. The van der Waals surface area contributed by atoms with Gasteiger partial charge in [-0.15, -0.1) is 0 Å². The van der Waals surface area contributed by atoms with E-state index in [0.29, 0.717) is 0 Å². The molecule has 0 radical (unpaired) electrons. The number of hydrogen-bond acceptors (Lipinski definition) is 2. The van der Waals surface area contributed by atoms with Crippen molar-refractivity contribution in [3.8, 4) is 0 Å². The summed E-state index contributed by atoms with van der Waals surface area (Å²) in [5.41, 5.74) is 4.28. The van der Waals surface area contributed by atoms with Crippen LogP contribution in [0.3, 0.4) is 0 Å². The van der Waals surface area contributed by atoms with Crippen LogP contribution in [0.25, 0.3) is 0 Å². The zero-order valence-electron chi connectivity index (χ0n) is 9.08. The third-order valence-electron chi connectivity index (χ3n) is 1.97. The first-order chi connectivity index (χ1) is 8.32. The summed E-state index contributed by atoms with van der Waals surface area (Å²) in [7, 11) is 0. The van der Waals surface area contributed by atoms with Crippen LogP contribution < -0.4 is 16.2 Å². The molecule has 18 heavy (non-hydrogen) atoms. The molecule has 0 atom stereocenters. The fourth-order valence-corrected chi connectivity index (χ4v) is 1.19. The smallest absolute Gasteiger partial charge is 0.357 e. The number of nitrogens with one attached hydrogen (secondary N) is 2. The molecule has 8 heteroatoms. The van der Waals surface area contributed by atoms with Gasteiger partial charge >= 0.3 is 6.18 Å². The molecule has 0 saturated carbocycles. The van der Waals surface area contributed by atoms with Gasteiger partial charge in [-0.1, -0.05) is 11.2 Å². The van der Waals surface area contributed by atoms with Gasteiger partial charge in [0.1, 0.15) is 6.42 Å². The summed E-state index contributed by atoms with van der Waals surface area (Å²) in [6.45, 7) is 0. The molecule has 0 aromatic heterocycles. The van der Waals surface area contributed by atoms with E-state index in [-0.39, 0.29) is 17.9 Å². The minimum absolute atomic E-state index is 0.000523. The van der Waals surface area contributed by atoms with E-state index in [0.717, 1.165) is 12.1 Å². The van der Waals surface area contributed by atoms with Crippen molar-refractivity contribution in [1.29, 1.82) is 0 Å². The summed E-state index contributed by atoms with van der Waals surface area (Å²) < 4.78 is 37.2. The average Bonchev–Trinajstić information content (AvgIpc) is 2.27. The lowest BCUT2D eigenvalue weighted by molar-refractivity contribution is -0.738. The lowest BCUT2D eigenvalue weighted by Gasteiger charge is -2.09. The van der Waals surface area contributed by atoms with Gasteiger partial charge in [0, 0.05) is 5.69 Å². The Hall–Kier alpha value is -2.25. The number of amides is 1. The van der Waals surface area contributed by atoms with E-state index >= 15 is 0 Å². The second kappa shape index (κ2) is 5.39. The first-order valence-electron chi connectivity index (χ1n) is 4.81. The number of halogens is 3. The van der Waals surface area contributed by atoms with E-state index in [2.05, 4.69) is 5.32 Å². The number of alkyl halides is 3. The predicted octanol–water partition coefficient (Wildman–Crippen LogP) is -0.139. The molecule has 0 heterocycles. The maximum absolute atomic E-state index is 12.4. The van der Waals surface area contributed by atoms with Crippen molar-refractivity contribution in [2.75, 3.05) is 5.32 Å². The molecule has 0 aliphatic carbocycles. The molecule has 5 N–H and O–H groups in total. The van der Waals surface area contributed by atoms with Crippen LogP contribution in [-0.2, 0) is 11.0 Å². The van der Waals surface area contributed by atoms with Crippen LogP contribution in [0.15, 0.2) is 24.3 Å². The van der Waals surface area contributed by atoms with Crippen molar-refractivity contribution in [1.82, 2.24) is 0 Å². The summed E-state index contributed by atoms with van der Waals surface area (Å²) in [5, 5.41) is 12.2. The monoisotopic (exact) mass is 262 g/mol.